The van der Waals surface area contributed by atoms with Crippen LogP contribution in [0.4, 0.5) is 0 Å². The van der Waals surface area contributed by atoms with Gasteiger partial charge in [-0.25, -0.2) is 4.79 Å². The summed E-state index contributed by atoms with van der Waals surface area (Å²) in [4.78, 5) is 26.2. The van der Waals surface area contributed by atoms with Crippen molar-refractivity contribution < 1.29 is 19.8 Å². The Hall–Kier alpha value is -2.21. The highest BCUT2D eigenvalue weighted by Crippen LogP contribution is 2.30. The molecular weight excluding hydrogens is 248 g/mol. The van der Waals surface area contributed by atoms with Crippen LogP contribution in [-0.4, -0.2) is 32.7 Å². The van der Waals surface area contributed by atoms with E-state index in [1.165, 1.54) is 6.08 Å². The van der Waals surface area contributed by atoms with Gasteiger partial charge in [0.2, 0.25) is 0 Å². The molecule has 19 heavy (non-hydrogen) atoms. The zero-order chi connectivity index (χ0) is 13.9. The fourth-order valence-electron chi connectivity index (χ4n) is 2.08. The fraction of sp³-hybridized carbons (Fsp3) is 0.308. The van der Waals surface area contributed by atoms with Crippen LogP contribution < -0.4 is 5.32 Å². The van der Waals surface area contributed by atoms with Gasteiger partial charge in [-0.3, -0.25) is 15.1 Å². The summed E-state index contributed by atoms with van der Waals surface area (Å²) in [5, 5.41) is 21.2. The van der Waals surface area contributed by atoms with E-state index in [1.807, 2.05) is 6.07 Å². The Kier molecular flexibility index (Phi) is 3.62. The normalized spacial score (nSPS) is 22.0. The van der Waals surface area contributed by atoms with E-state index in [0.29, 0.717) is 6.54 Å². The van der Waals surface area contributed by atoms with E-state index < -0.39 is 17.5 Å². The molecule has 0 saturated carbocycles. The molecule has 6 nitrogen and oxygen atoms in total. The lowest BCUT2D eigenvalue weighted by molar-refractivity contribution is -0.144. The Bertz CT molecular complexity index is 527. The van der Waals surface area contributed by atoms with Crippen LogP contribution in [0.5, 0.6) is 0 Å². The lowest BCUT2D eigenvalue weighted by atomic mass is 9.94. The highest BCUT2D eigenvalue weighted by molar-refractivity contribution is 5.91. The zero-order valence-electron chi connectivity index (χ0n) is 10.2. The van der Waals surface area contributed by atoms with Crippen molar-refractivity contribution in [3.05, 3.63) is 41.7 Å². The molecule has 0 fully saturated rings. The first kappa shape index (κ1) is 13.2. The molecule has 1 heterocycles. The Balaban J connectivity index is 2.07. The van der Waals surface area contributed by atoms with Gasteiger partial charge in [0, 0.05) is 30.9 Å². The van der Waals surface area contributed by atoms with E-state index in [2.05, 4.69) is 10.3 Å². The van der Waals surface area contributed by atoms with Gasteiger partial charge in [0.1, 0.15) is 5.54 Å². The van der Waals surface area contributed by atoms with Crippen LogP contribution in [0.25, 0.3) is 0 Å². The zero-order valence-corrected chi connectivity index (χ0v) is 10.2. The standard InChI is InChI=1S/C13H14N2O4/c16-11(17)10-3-4-13(6-10,12(18)19)15-8-9-2-1-5-14-7-9/h1-3,5,7,15H,4,6,8H2,(H,16,17)(H,18,19)/t13-/m1/s1. The van der Waals surface area contributed by atoms with E-state index >= 15 is 0 Å². The number of aliphatic carboxylic acids is 2. The molecule has 1 atom stereocenters. The van der Waals surface area contributed by atoms with E-state index in [-0.39, 0.29) is 18.4 Å². The average Bonchev–Trinajstić information content (AvgIpc) is 2.84. The molecule has 3 N–H and O–H groups in total. The van der Waals surface area contributed by atoms with E-state index in [0.717, 1.165) is 5.56 Å². The summed E-state index contributed by atoms with van der Waals surface area (Å²) < 4.78 is 0. The smallest absolute Gasteiger partial charge is 0.331 e. The Labute approximate surface area is 109 Å². The second kappa shape index (κ2) is 5.19. The number of pyridine rings is 1. The van der Waals surface area contributed by atoms with Crippen molar-refractivity contribution >= 4 is 11.9 Å². The number of rotatable bonds is 5. The lowest BCUT2D eigenvalue weighted by Gasteiger charge is -2.25. The SMILES string of the molecule is O=C(O)C1=CC[C@](NCc2cccnc2)(C(=O)O)C1. The maximum atomic E-state index is 11.4. The maximum Gasteiger partial charge on any atom is 0.331 e. The van der Waals surface area contributed by atoms with Crippen molar-refractivity contribution in [1.82, 2.24) is 10.3 Å². The first-order valence-corrected chi connectivity index (χ1v) is 5.83. The highest BCUT2D eigenvalue weighted by atomic mass is 16.4. The molecule has 100 valence electrons. The molecule has 1 aliphatic rings. The minimum Gasteiger partial charge on any atom is -0.480 e. The first-order chi connectivity index (χ1) is 9.03. The maximum absolute atomic E-state index is 11.4. The molecule has 0 aromatic carbocycles. The summed E-state index contributed by atoms with van der Waals surface area (Å²) in [6.45, 7) is 0.334. The molecule has 1 aliphatic carbocycles. The molecule has 0 unspecified atom stereocenters. The molecule has 0 saturated heterocycles. The number of hydrogen-bond acceptors (Lipinski definition) is 4. The number of carbonyl (C=O) groups is 2. The highest BCUT2D eigenvalue weighted by Gasteiger charge is 2.43. The molecule has 1 aromatic heterocycles. The summed E-state index contributed by atoms with van der Waals surface area (Å²) >= 11 is 0. The van der Waals surface area contributed by atoms with E-state index in [9.17, 15) is 14.7 Å². The number of hydrogen-bond donors (Lipinski definition) is 3. The topological polar surface area (TPSA) is 99.5 Å². The van der Waals surface area contributed by atoms with Crippen LogP contribution in [0.2, 0.25) is 0 Å². The monoisotopic (exact) mass is 262 g/mol. The van der Waals surface area contributed by atoms with Gasteiger partial charge >= 0.3 is 11.9 Å². The van der Waals surface area contributed by atoms with Gasteiger partial charge < -0.3 is 10.2 Å². The molecule has 0 amide bonds. The predicted octanol–water partition coefficient (Wildman–Crippen LogP) is 0.799. The molecule has 0 spiro atoms. The third kappa shape index (κ3) is 2.79. The van der Waals surface area contributed by atoms with Crippen LogP contribution in [-0.2, 0) is 16.1 Å². The number of nitrogens with zero attached hydrogens (tertiary/aromatic N) is 1. The number of nitrogens with one attached hydrogen (secondary N) is 1. The van der Waals surface area contributed by atoms with Crippen molar-refractivity contribution in [3.8, 4) is 0 Å². The summed E-state index contributed by atoms with van der Waals surface area (Å²) in [5.74, 6) is -2.10. The Morgan fingerprint density at radius 1 is 1.42 bits per heavy atom. The minimum atomic E-state index is -1.23. The van der Waals surface area contributed by atoms with E-state index in [4.69, 9.17) is 5.11 Å². The number of carboxylic acids is 2. The second-order valence-corrected chi connectivity index (χ2v) is 4.52. The predicted molar refractivity (Wildman–Crippen MR) is 66.4 cm³/mol. The van der Waals surface area contributed by atoms with Crippen molar-refractivity contribution in [2.45, 2.75) is 24.9 Å². The average molecular weight is 262 g/mol. The molecule has 1 aromatic rings. The quantitative estimate of drug-likeness (QED) is 0.725. The van der Waals surface area contributed by atoms with Crippen molar-refractivity contribution in [2.75, 3.05) is 0 Å². The third-order valence-corrected chi connectivity index (χ3v) is 3.23. The summed E-state index contributed by atoms with van der Waals surface area (Å²) in [5.41, 5.74) is -0.239. The molecular formula is C13H14N2O4. The van der Waals surface area contributed by atoms with Crippen LogP contribution >= 0.6 is 0 Å². The van der Waals surface area contributed by atoms with Crippen molar-refractivity contribution in [2.24, 2.45) is 0 Å². The van der Waals surface area contributed by atoms with Gasteiger partial charge in [0.15, 0.2) is 0 Å². The van der Waals surface area contributed by atoms with Gasteiger partial charge in [-0.2, -0.15) is 0 Å². The van der Waals surface area contributed by atoms with Crippen LogP contribution in [0.3, 0.4) is 0 Å². The molecule has 6 heteroatoms. The Morgan fingerprint density at radius 3 is 2.74 bits per heavy atom. The summed E-state index contributed by atoms with van der Waals surface area (Å²) in [6.07, 6.45) is 4.90. The van der Waals surface area contributed by atoms with E-state index in [1.54, 1.807) is 18.5 Å². The second-order valence-electron chi connectivity index (χ2n) is 4.52. The van der Waals surface area contributed by atoms with Crippen molar-refractivity contribution in [3.63, 3.8) is 0 Å². The lowest BCUT2D eigenvalue weighted by Crippen LogP contribution is -2.50. The van der Waals surface area contributed by atoms with Gasteiger partial charge in [-0.05, 0) is 18.1 Å². The summed E-state index contributed by atoms with van der Waals surface area (Å²) in [6, 6.07) is 3.59. The van der Waals surface area contributed by atoms with Gasteiger partial charge in [0.25, 0.3) is 0 Å². The first-order valence-electron chi connectivity index (χ1n) is 5.83. The molecule has 0 aliphatic heterocycles. The van der Waals surface area contributed by atoms with Crippen molar-refractivity contribution in [1.29, 1.82) is 0 Å². The minimum absolute atomic E-state index is 0.0159. The number of aromatic nitrogens is 1. The fourth-order valence-corrected chi connectivity index (χ4v) is 2.08. The summed E-state index contributed by atoms with van der Waals surface area (Å²) in [7, 11) is 0. The van der Waals surface area contributed by atoms with Crippen LogP contribution in [0, 0.1) is 0 Å². The molecule has 0 bridgehead atoms. The van der Waals surface area contributed by atoms with Gasteiger partial charge in [0.05, 0.1) is 0 Å². The van der Waals surface area contributed by atoms with Gasteiger partial charge in [-0.1, -0.05) is 12.1 Å². The third-order valence-electron chi connectivity index (χ3n) is 3.23. The largest absolute Gasteiger partial charge is 0.480 e. The Morgan fingerprint density at radius 2 is 2.21 bits per heavy atom. The number of carboxylic acid groups (broad SMARTS) is 2. The molecule has 2 rings (SSSR count). The van der Waals surface area contributed by atoms with Crippen LogP contribution in [0.1, 0.15) is 18.4 Å². The van der Waals surface area contributed by atoms with Crippen LogP contribution in [0.15, 0.2) is 36.2 Å². The molecule has 0 radical (unpaired) electrons. The van der Waals surface area contributed by atoms with Gasteiger partial charge in [-0.15, -0.1) is 0 Å².